The molecule has 0 unspecified atom stereocenters. The van der Waals surface area contributed by atoms with Gasteiger partial charge >= 0.3 is 0 Å². The molecule has 2 aromatic carbocycles. The number of rotatable bonds is 2. The Balaban J connectivity index is 1.87. The lowest BCUT2D eigenvalue weighted by atomic mass is 10.2. The van der Waals surface area contributed by atoms with Gasteiger partial charge in [-0.05, 0) is 35.8 Å². The average molecular weight is 330 g/mol. The molecule has 4 aromatic rings. The highest BCUT2D eigenvalue weighted by molar-refractivity contribution is 7.03. The van der Waals surface area contributed by atoms with Gasteiger partial charge < -0.3 is 0 Å². The number of pyridine rings is 1. The SMILES string of the molecule is c1ccc(N=C(N=c2nc3ccccn3s2)c2ccccc2)cc1. The normalized spacial score (nSPS) is 12.7. The second-order valence-corrected chi connectivity index (χ2v) is 6.06. The molecule has 0 atom stereocenters. The molecule has 0 amide bonds. The standard InChI is InChI=1S/C19H14N4S/c1-3-9-15(10-4-1)18(20-16-11-5-2-6-12-16)22-19-21-17-13-7-8-14-23(17)24-19/h1-14H. The molecular formula is C19H14N4S. The number of fused-ring (bicyclic) bond motifs is 1. The summed E-state index contributed by atoms with van der Waals surface area (Å²) in [7, 11) is 0. The van der Waals surface area contributed by atoms with E-state index in [1.54, 1.807) is 0 Å². The zero-order valence-electron chi connectivity index (χ0n) is 12.8. The fraction of sp³-hybridized carbons (Fsp3) is 0. The highest BCUT2D eigenvalue weighted by Crippen LogP contribution is 2.14. The summed E-state index contributed by atoms with van der Waals surface area (Å²) < 4.78 is 1.99. The number of benzene rings is 2. The van der Waals surface area contributed by atoms with Crippen molar-refractivity contribution in [1.82, 2.24) is 8.77 Å². The summed E-state index contributed by atoms with van der Waals surface area (Å²) in [6.45, 7) is 0. The Kier molecular flexibility index (Phi) is 4.00. The first kappa shape index (κ1) is 14.5. The molecule has 24 heavy (non-hydrogen) atoms. The van der Waals surface area contributed by atoms with Crippen LogP contribution in [0, 0.1) is 0 Å². The van der Waals surface area contributed by atoms with Gasteiger partial charge in [-0.25, -0.2) is 4.99 Å². The van der Waals surface area contributed by atoms with Crippen LogP contribution in [-0.4, -0.2) is 14.6 Å². The summed E-state index contributed by atoms with van der Waals surface area (Å²) in [4.78, 5) is 14.6. The first-order chi connectivity index (χ1) is 11.9. The van der Waals surface area contributed by atoms with Crippen LogP contribution in [-0.2, 0) is 0 Å². The van der Waals surface area contributed by atoms with E-state index in [4.69, 9.17) is 9.98 Å². The van der Waals surface area contributed by atoms with Crippen LogP contribution in [0.3, 0.4) is 0 Å². The molecule has 4 nitrogen and oxygen atoms in total. The summed E-state index contributed by atoms with van der Waals surface area (Å²) in [5, 5.41) is 0. The van der Waals surface area contributed by atoms with E-state index >= 15 is 0 Å². The number of hydrogen-bond donors (Lipinski definition) is 0. The largest absolute Gasteiger partial charge is 0.253 e. The minimum atomic E-state index is 0.654. The molecule has 2 aromatic heterocycles. The molecule has 0 saturated carbocycles. The summed E-state index contributed by atoms with van der Waals surface area (Å²) in [5.41, 5.74) is 2.72. The van der Waals surface area contributed by atoms with E-state index < -0.39 is 0 Å². The minimum absolute atomic E-state index is 0.654. The number of aliphatic imine (C=N–C) groups is 1. The quantitative estimate of drug-likeness (QED) is 0.403. The zero-order chi connectivity index (χ0) is 16.2. The van der Waals surface area contributed by atoms with Crippen molar-refractivity contribution in [2.45, 2.75) is 0 Å². The van der Waals surface area contributed by atoms with E-state index in [9.17, 15) is 0 Å². The van der Waals surface area contributed by atoms with Crippen molar-refractivity contribution in [1.29, 1.82) is 0 Å². The van der Waals surface area contributed by atoms with Crippen LogP contribution in [0.15, 0.2) is 95.0 Å². The number of para-hydroxylation sites is 1. The molecule has 0 aliphatic carbocycles. The second kappa shape index (κ2) is 6.60. The van der Waals surface area contributed by atoms with Crippen LogP contribution in [0.25, 0.3) is 5.65 Å². The Morgan fingerprint density at radius 2 is 1.54 bits per heavy atom. The molecule has 0 N–H and O–H groups in total. The van der Waals surface area contributed by atoms with E-state index in [2.05, 4.69) is 4.98 Å². The fourth-order valence-corrected chi connectivity index (χ4v) is 3.06. The number of amidine groups is 1. The molecule has 0 fully saturated rings. The van der Waals surface area contributed by atoms with Gasteiger partial charge in [-0.1, -0.05) is 54.6 Å². The average Bonchev–Trinajstić information content (AvgIpc) is 3.05. The third-order valence-corrected chi connectivity index (χ3v) is 4.27. The molecule has 0 radical (unpaired) electrons. The van der Waals surface area contributed by atoms with Crippen molar-refractivity contribution in [3.8, 4) is 0 Å². The predicted octanol–water partition coefficient (Wildman–Crippen LogP) is 4.08. The number of aromatic nitrogens is 2. The van der Waals surface area contributed by atoms with Gasteiger partial charge in [0.15, 0.2) is 5.84 Å². The summed E-state index contributed by atoms with van der Waals surface area (Å²) >= 11 is 1.49. The van der Waals surface area contributed by atoms with Crippen LogP contribution >= 0.6 is 11.5 Å². The van der Waals surface area contributed by atoms with Crippen LogP contribution in [0.4, 0.5) is 5.69 Å². The van der Waals surface area contributed by atoms with Gasteiger partial charge in [0, 0.05) is 11.8 Å². The van der Waals surface area contributed by atoms with Gasteiger partial charge in [-0.15, -0.1) is 0 Å². The maximum atomic E-state index is 4.70. The first-order valence-electron chi connectivity index (χ1n) is 7.57. The van der Waals surface area contributed by atoms with Crippen LogP contribution in [0.5, 0.6) is 0 Å². The Hall–Kier alpha value is -3.05. The van der Waals surface area contributed by atoms with Gasteiger partial charge in [0.2, 0.25) is 4.80 Å². The van der Waals surface area contributed by atoms with Gasteiger partial charge in [0.25, 0.3) is 0 Å². The third kappa shape index (κ3) is 3.16. The zero-order valence-corrected chi connectivity index (χ0v) is 13.6. The Bertz CT molecular complexity index is 1010. The van der Waals surface area contributed by atoms with E-state index in [-0.39, 0.29) is 0 Å². The summed E-state index contributed by atoms with van der Waals surface area (Å²) in [5.74, 6) is 0.654. The fourth-order valence-electron chi connectivity index (χ4n) is 2.29. The molecule has 2 heterocycles. The molecule has 116 valence electrons. The van der Waals surface area contributed by atoms with Crippen molar-refractivity contribution >= 4 is 28.7 Å². The van der Waals surface area contributed by atoms with E-state index in [1.807, 2.05) is 88.8 Å². The van der Waals surface area contributed by atoms with E-state index in [0.717, 1.165) is 16.9 Å². The lowest BCUT2D eigenvalue weighted by molar-refractivity contribution is 1.23. The van der Waals surface area contributed by atoms with Crippen molar-refractivity contribution in [2.75, 3.05) is 0 Å². The van der Waals surface area contributed by atoms with Crippen LogP contribution in [0.1, 0.15) is 5.56 Å². The van der Waals surface area contributed by atoms with Gasteiger partial charge in [-0.3, -0.25) is 3.79 Å². The van der Waals surface area contributed by atoms with Crippen LogP contribution < -0.4 is 4.80 Å². The second-order valence-electron chi connectivity index (χ2n) is 5.12. The minimum Gasteiger partial charge on any atom is -0.253 e. The summed E-state index contributed by atoms with van der Waals surface area (Å²) in [6, 6.07) is 25.7. The number of nitrogens with zero attached hydrogens (tertiary/aromatic N) is 4. The molecule has 5 heteroatoms. The van der Waals surface area contributed by atoms with Gasteiger partial charge in [0.05, 0.1) is 5.69 Å². The molecule has 4 rings (SSSR count). The van der Waals surface area contributed by atoms with Gasteiger partial charge in [0.1, 0.15) is 5.65 Å². The maximum Gasteiger partial charge on any atom is 0.229 e. The monoisotopic (exact) mass is 330 g/mol. The Morgan fingerprint density at radius 1 is 0.833 bits per heavy atom. The molecule has 0 spiro atoms. The van der Waals surface area contributed by atoms with Crippen LogP contribution in [0.2, 0.25) is 0 Å². The lowest BCUT2D eigenvalue weighted by Crippen LogP contribution is -2.06. The van der Waals surface area contributed by atoms with Crippen molar-refractivity contribution in [3.05, 3.63) is 95.4 Å². The number of hydrogen-bond acceptors (Lipinski definition) is 3. The van der Waals surface area contributed by atoms with Crippen molar-refractivity contribution in [2.24, 2.45) is 9.98 Å². The molecule has 0 bridgehead atoms. The van der Waals surface area contributed by atoms with E-state index in [1.165, 1.54) is 11.5 Å². The topological polar surface area (TPSA) is 42.0 Å². The van der Waals surface area contributed by atoms with E-state index in [0.29, 0.717) is 10.6 Å². The molecule has 0 aliphatic heterocycles. The first-order valence-corrected chi connectivity index (χ1v) is 8.34. The predicted molar refractivity (Wildman–Crippen MR) is 97.7 cm³/mol. The smallest absolute Gasteiger partial charge is 0.229 e. The highest BCUT2D eigenvalue weighted by atomic mass is 32.1. The van der Waals surface area contributed by atoms with Crippen molar-refractivity contribution < 1.29 is 0 Å². The maximum absolute atomic E-state index is 4.70. The Labute approximate surface area is 143 Å². The molecular weight excluding hydrogens is 316 g/mol. The lowest BCUT2D eigenvalue weighted by Gasteiger charge is -2.00. The highest BCUT2D eigenvalue weighted by Gasteiger charge is 2.04. The molecule has 0 aliphatic rings. The Morgan fingerprint density at radius 3 is 2.29 bits per heavy atom. The van der Waals surface area contributed by atoms with Crippen molar-refractivity contribution in [3.63, 3.8) is 0 Å². The molecule has 0 saturated heterocycles. The summed E-state index contributed by atoms with van der Waals surface area (Å²) in [6.07, 6.45) is 1.97. The third-order valence-electron chi connectivity index (χ3n) is 3.42. The van der Waals surface area contributed by atoms with Gasteiger partial charge in [-0.2, -0.15) is 9.98 Å².